The first-order valence-electron chi connectivity index (χ1n) is 9.37. The Kier molecular flexibility index (Phi) is 2.36. The summed E-state index contributed by atoms with van der Waals surface area (Å²) < 4.78 is 6.19. The fraction of sp³-hybridized carbons (Fsp3) is 0.650. The van der Waals surface area contributed by atoms with Gasteiger partial charge in [0.2, 0.25) is 0 Å². The number of nitrogens with zero attached hydrogens (tertiary/aromatic N) is 1. The molecule has 3 fully saturated rings. The third-order valence-electron chi connectivity index (χ3n) is 8.50. The minimum Gasteiger partial charge on any atom is -0.504 e. The van der Waals surface area contributed by atoms with Crippen LogP contribution in [0.4, 0.5) is 0 Å². The van der Waals surface area contributed by atoms with Crippen LogP contribution in [-0.2, 0) is 16.6 Å². The van der Waals surface area contributed by atoms with Crippen molar-refractivity contribution in [2.45, 2.75) is 62.3 Å². The van der Waals surface area contributed by atoms with Gasteiger partial charge in [0.15, 0.2) is 23.4 Å². The summed E-state index contributed by atoms with van der Waals surface area (Å²) in [5.74, 6) is 0.914. The Balaban J connectivity index is 1.76. The highest BCUT2D eigenvalue weighted by Gasteiger charge is 2.81. The zero-order valence-electron chi connectivity index (χ0n) is 14.5. The lowest BCUT2D eigenvalue weighted by Crippen LogP contribution is -2.71. The second kappa shape index (κ2) is 4.04. The average molecular weight is 341 g/mol. The second-order valence-corrected chi connectivity index (χ2v) is 8.91. The molecule has 2 N–H and O–H groups in total. The quantitative estimate of drug-likeness (QED) is 0.746. The summed E-state index contributed by atoms with van der Waals surface area (Å²) in [6.07, 6.45) is 1.90. The number of aliphatic hydroxyl groups excluding tert-OH is 1. The lowest BCUT2D eigenvalue weighted by atomic mass is 9.48. The number of phenolic OH excluding ortho intramolecular Hbond substituents is 1. The first kappa shape index (κ1) is 14.6. The van der Waals surface area contributed by atoms with Gasteiger partial charge in [-0.1, -0.05) is 13.0 Å². The standard InChI is InChI=1S/C20H23NO4/c1-19-14-7-10-11(21(14)2)5-3-9-4-6-12(22)17-16(9)20(10,19)18(25-17)13(23)8-15(19)24/h4,6,10-11,14-15,18,22,24H,3,5,7-8H2,1-2H3/t10?,11?,14-,15?,18+,19?,20?/m1/s1. The van der Waals surface area contributed by atoms with Gasteiger partial charge in [-0.15, -0.1) is 0 Å². The molecular weight excluding hydrogens is 318 g/mol. The van der Waals surface area contributed by atoms with Gasteiger partial charge in [-0.2, -0.15) is 0 Å². The minimum absolute atomic E-state index is 0.0117. The predicted molar refractivity (Wildman–Crippen MR) is 89.7 cm³/mol. The van der Waals surface area contributed by atoms with Crippen LogP contribution in [0.15, 0.2) is 12.1 Å². The van der Waals surface area contributed by atoms with Crippen LogP contribution in [0, 0.1) is 11.3 Å². The van der Waals surface area contributed by atoms with E-state index in [1.165, 1.54) is 5.56 Å². The zero-order valence-corrected chi connectivity index (χ0v) is 14.5. The summed E-state index contributed by atoms with van der Waals surface area (Å²) in [5, 5.41) is 21.6. The summed E-state index contributed by atoms with van der Waals surface area (Å²) in [5.41, 5.74) is 1.30. The van der Waals surface area contributed by atoms with Crippen LogP contribution in [0.3, 0.4) is 0 Å². The van der Waals surface area contributed by atoms with Gasteiger partial charge in [-0.3, -0.25) is 9.69 Å². The molecular formula is C20H23NO4. The highest BCUT2D eigenvalue weighted by atomic mass is 16.5. The first-order valence-corrected chi connectivity index (χ1v) is 9.37. The van der Waals surface area contributed by atoms with Crippen molar-refractivity contribution in [1.29, 1.82) is 0 Å². The van der Waals surface area contributed by atoms with Crippen LogP contribution in [0.1, 0.15) is 37.3 Å². The van der Waals surface area contributed by atoms with Crippen molar-refractivity contribution in [3.05, 3.63) is 23.3 Å². The van der Waals surface area contributed by atoms with Crippen LogP contribution < -0.4 is 4.74 Å². The number of hydrogen-bond acceptors (Lipinski definition) is 5. The molecule has 1 spiro atoms. The Morgan fingerprint density at radius 3 is 2.96 bits per heavy atom. The summed E-state index contributed by atoms with van der Waals surface area (Å²) in [6.45, 7) is 2.16. The van der Waals surface area contributed by atoms with Crippen molar-refractivity contribution >= 4 is 5.78 Å². The summed E-state index contributed by atoms with van der Waals surface area (Å²) in [7, 11) is 2.18. The molecule has 2 saturated carbocycles. The van der Waals surface area contributed by atoms with Gasteiger partial charge in [-0.05, 0) is 43.9 Å². The number of fused-ring (bicyclic) bond motifs is 2. The van der Waals surface area contributed by atoms with Crippen LogP contribution in [-0.4, -0.2) is 52.2 Å². The Hall–Kier alpha value is -1.59. The van der Waals surface area contributed by atoms with Crippen molar-refractivity contribution in [1.82, 2.24) is 4.90 Å². The Morgan fingerprint density at radius 1 is 1.36 bits per heavy atom. The molecule has 1 saturated heterocycles. The third-order valence-corrected chi connectivity index (χ3v) is 8.50. The smallest absolute Gasteiger partial charge is 0.176 e. The largest absolute Gasteiger partial charge is 0.504 e. The van der Waals surface area contributed by atoms with E-state index in [0.717, 1.165) is 24.8 Å². The zero-order chi connectivity index (χ0) is 17.3. The molecule has 3 aliphatic carbocycles. The van der Waals surface area contributed by atoms with E-state index in [1.54, 1.807) is 6.07 Å². The Labute approximate surface area is 146 Å². The molecule has 1 aromatic rings. The van der Waals surface area contributed by atoms with Gasteiger partial charge in [-0.25, -0.2) is 0 Å². The number of ketones is 1. The molecule has 7 atom stereocenters. The van der Waals surface area contributed by atoms with Gasteiger partial charge in [0.05, 0.1) is 11.5 Å². The Bertz CT molecular complexity index is 837. The fourth-order valence-corrected chi connectivity index (χ4v) is 7.61. The van der Waals surface area contributed by atoms with E-state index >= 15 is 0 Å². The molecule has 2 heterocycles. The maximum Gasteiger partial charge on any atom is 0.176 e. The number of likely N-dealkylation sites (tertiary alicyclic amines) is 1. The van der Waals surface area contributed by atoms with E-state index in [0.29, 0.717) is 17.7 Å². The topological polar surface area (TPSA) is 70.0 Å². The van der Waals surface area contributed by atoms with Crippen molar-refractivity contribution in [3.63, 3.8) is 0 Å². The van der Waals surface area contributed by atoms with Crippen LogP contribution in [0.5, 0.6) is 11.5 Å². The molecule has 25 heavy (non-hydrogen) atoms. The number of carbonyl (C=O) groups excluding carboxylic acids is 1. The highest BCUT2D eigenvalue weighted by molar-refractivity contribution is 5.90. The van der Waals surface area contributed by atoms with Crippen LogP contribution >= 0.6 is 0 Å². The molecule has 5 heteroatoms. The monoisotopic (exact) mass is 341 g/mol. The van der Waals surface area contributed by atoms with E-state index in [2.05, 4.69) is 18.9 Å². The lowest BCUT2D eigenvalue weighted by Gasteiger charge is -2.59. The number of aromatic hydroxyl groups is 1. The maximum atomic E-state index is 13.0. The third kappa shape index (κ3) is 1.22. The van der Waals surface area contributed by atoms with Crippen molar-refractivity contribution in [2.24, 2.45) is 11.3 Å². The average Bonchev–Trinajstić information content (AvgIpc) is 3.16. The molecule has 2 aliphatic heterocycles. The van der Waals surface area contributed by atoms with E-state index in [-0.39, 0.29) is 24.0 Å². The number of aryl methyl sites for hydroxylation is 1. The minimum atomic E-state index is -0.669. The number of ether oxygens (including phenoxy) is 1. The molecule has 5 aliphatic rings. The van der Waals surface area contributed by atoms with Crippen molar-refractivity contribution < 1.29 is 19.7 Å². The first-order chi connectivity index (χ1) is 11.9. The van der Waals surface area contributed by atoms with Gasteiger partial charge >= 0.3 is 0 Å². The molecule has 5 unspecified atom stereocenters. The van der Waals surface area contributed by atoms with Crippen molar-refractivity contribution in [2.75, 3.05) is 7.05 Å². The molecule has 1 aromatic carbocycles. The molecule has 0 radical (unpaired) electrons. The number of hydrogen-bond donors (Lipinski definition) is 2. The van der Waals surface area contributed by atoms with Gasteiger partial charge in [0, 0.05) is 29.5 Å². The second-order valence-electron chi connectivity index (χ2n) is 8.91. The highest BCUT2D eigenvalue weighted by Crippen LogP contribution is 2.74. The number of aliphatic hydroxyl groups is 1. The Morgan fingerprint density at radius 2 is 2.16 bits per heavy atom. The van der Waals surface area contributed by atoms with E-state index in [1.807, 2.05) is 6.07 Å². The number of phenols is 1. The number of carbonyl (C=O) groups is 1. The summed E-state index contributed by atoms with van der Waals surface area (Å²) in [6, 6.07) is 4.35. The lowest BCUT2D eigenvalue weighted by molar-refractivity contribution is -0.168. The molecule has 6 rings (SSSR count). The normalized spacial score (nSPS) is 49.1. The number of Topliss-reactive ketones (excluding diaryl/α,β-unsaturated/α-hetero) is 1. The summed E-state index contributed by atoms with van der Waals surface area (Å²) >= 11 is 0. The molecule has 0 aromatic heterocycles. The van der Waals surface area contributed by atoms with E-state index < -0.39 is 23.0 Å². The van der Waals surface area contributed by atoms with Gasteiger partial charge in [0.1, 0.15) is 0 Å². The van der Waals surface area contributed by atoms with E-state index in [9.17, 15) is 15.0 Å². The number of piperidine rings is 1. The molecule has 5 nitrogen and oxygen atoms in total. The van der Waals surface area contributed by atoms with Crippen LogP contribution in [0.2, 0.25) is 0 Å². The number of rotatable bonds is 0. The fourth-order valence-electron chi connectivity index (χ4n) is 7.61. The van der Waals surface area contributed by atoms with E-state index in [4.69, 9.17) is 4.74 Å². The molecule has 0 amide bonds. The SMILES string of the molecule is CN1C2CCc3ccc(O)c4c3C35C2C[C@@H]1C3(C)C(O)CC(=O)[C@@H]5O4. The number of benzene rings is 1. The van der Waals surface area contributed by atoms with Crippen molar-refractivity contribution in [3.8, 4) is 11.5 Å². The van der Waals surface area contributed by atoms with Gasteiger partial charge in [0.25, 0.3) is 0 Å². The summed E-state index contributed by atoms with van der Waals surface area (Å²) in [4.78, 5) is 15.4. The maximum absolute atomic E-state index is 13.0. The molecule has 2 bridgehead atoms. The van der Waals surface area contributed by atoms with Gasteiger partial charge < -0.3 is 14.9 Å². The van der Waals surface area contributed by atoms with Crippen LogP contribution in [0.25, 0.3) is 0 Å². The molecule has 132 valence electrons. The predicted octanol–water partition coefficient (Wildman–Crippen LogP) is 1.38.